The third kappa shape index (κ3) is 5.05. The van der Waals surface area contributed by atoms with E-state index in [0.29, 0.717) is 30.5 Å². The van der Waals surface area contributed by atoms with Crippen LogP contribution < -0.4 is 10.2 Å². The summed E-state index contributed by atoms with van der Waals surface area (Å²) in [5.74, 6) is 1.66. The van der Waals surface area contributed by atoms with Crippen molar-refractivity contribution in [2.75, 3.05) is 19.3 Å². The molecule has 1 aromatic heterocycles. The fourth-order valence-electron chi connectivity index (χ4n) is 2.46. The van der Waals surface area contributed by atoms with Crippen molar-refractivity contribution in [1.82, 2.24) is 20.4 Å². The molecular weight excluding hydrogens is 316 g/mol. The summed E-state index contributed by atoms with van der Waals surface area (Å²) < 4.78 is 11.0. The highest BCUT2D eigenvalue weighted by atomic mass is 32.2. The van der Waals surface area contributed by atoms with E-state index in [0.717, 1.165) is 11.3 Å². The van der Waals surface area contributed by atoms with Crippen LogP contribution in [0.25, 0.3) is 0 Å². The molecule has 0 spiro atoms. The molecule has 0 saturated carbocycles. The lowest BCUT2D eigenvalue weighted by atomic mass is 10.2. The van der Waals surface area contributed by atoms with Crippen LogP contribution in [0.2, 0.25) is 0 Å². The van der Waals surface area contributed by atoms with Crippen molar-refractivity contribution in [3.8, 4) is 5.88 Å². The second-order valence-electron chi connectivity index (χ2n) is 5.75. The Labute approximate surface area is 141 Å². The number of carbonyl (C=O) groups is 1. The molecule has 1 aliphatic rings. The van der Waals surface area contributed by atoms with Crippen LogP contribution in [0.4, 0.5) is 4.79 Å². The minimum absolute atomic E-state index is 0.0651. The predicted octanol–water partition coefficient (Wildman–Crippen LogP) is 2.07. The van der Waals surface area contributed by atoms with Gasteiger partial charge in [0.1, 0.15) is 5.82 Å². The van der Waals surface area contributed by atoms with E-state index in [2.05, 4.69) is 15.4 Å². The molecule has 1 amide bonds. The average Bonchev–Trinajstić information content (AvgIpc) is 2.43. The normalized spacial score (nSPS) is 22.0. The lowest BCUT2D eigenvalue weighted by Gasteiger charge is -2.34. The highest BCUT2D eigenvalue weighted by Crippen LogP contribution is 2.19. The Morgan fingerprint density at radius 2 is 2.00 bits per heavy atom. The van der Waals surface area contributed by atoms with Crippen LogP contribution in [-0.4, -0.2) is 52.6 Å². The second kappa shape index (κ2) is 7.94. The summed E-state index contributed by atoms with van der Waals surface area (Å²) in [6, 6.07) is 0. The Kier molecular flexibility index (Phi) is 6.20. The molecule has 2 heterocycles. The van der Waals surface area contributed by atoms with Gasteiger partial charge < -0.3 is 9.47 Å². The Morgan fingerprint density at radius 1 is 1.35 bits per heavy atom. The van der Waals surface area contributed by atoms with E-state index in [-0.39, 0.29) is 12.2 Å². The number of carbonyl (C=O) groups excluding carboxylic acids is 1. The molecule has 1 saturated heterocycles. The van der Waals surface area contributed by atoms with Gasteiger partial charge in [-0.2, -0.15) is 16.7 Å². The highest BCUT2D eigenvalue weighted by Gasteiger charge is 2.24. The van der Waals surface area contributed by atoms with Gasteiger partial charge in [-0.15, -0.1) is 0 Å². The molecule has 1 aromatic rings. The standard InChI is InChI=1S/C15H24N4O3S/c1-9-6-19(7-10(2)21-9)18-15(20)22-14-11(3)12(4)16-13(17-14)8-23-5/h9-10H,6-8H2,1-5H3,(H,18,20). The van der Waals surface area contributed by atoms with Crippen LogP contribution in [0.5, 0.6) is 5.88 Å². The molecule has 7 nitrogen and oxygen atoms in total. The number of aromatic nitrogens is 2. The zero-order valence-corrected chi connectivity index (χ0v) is 15.1. The van der Waals surface area contributed by atoms with Crippen molar-refractivity contribution < 1.29 is 14.3 Å². The molecule has 1 fully saturated rings. The maximum absolute atomic E-state index is 12.1. The highest BCUT2D eigenvalue weighted by molar-refractivity contribution is 7.97. The van der Waals surface area contributed by atoms with Gasteiger partial charge in [0.05, 0.1) is 18.0 Å². The van der Waals surface area contributed by atoms with Crippen molar-refractivity contribution >= 4 is 17.9 Å². The molecule has 1 aliphatic heterocycles. The molecule has 23 heavy (non-hydrogen) atoms. The minimum atomic E-state index is -0.539. The maximum Gasteiger partial charge on any atom is 0.428 e. The quantitative estimate of drug-likeness (QED) is 0.899. The lowest BCUT2D eigenvalue weighted by Crippen LogP contribution is -2.54. The first kappa shape index (κ1) is 18.0. The van der Waals surface area contributed by atoms with Gasteiger partial charge in [0.15, 0.2) is 0 Å². The van der Waals surface area contributed by atoms with Gasteiger partial charge in [-0.3, -0.25) is 5.43 Å². The summed E-state index contributed by atoms with van der Waals surface area (Å²) in [5, 5.41) is 1.81. The van der Waals surface area contributed by atoms with Crippen LogP contribution in [-0.2, 0) is 10.5 Å². The number of rotatable bonds is 4. The SMILES string of the molecule is CSCc1nc(C)c(C)c(OC(=O)NN2CC(C)OC(C)C2)n1. The maximum atomic E-state index is 12.1. The van der Waals surface area contributed by atoms with E-state index >= 15 is 0 Å². The molecule has 0 radical (unpaired) electrons. The number of hydrogen-bond acceptors (Lipinski definition) is 7. The number of ether oxygens (including phenoxy) is 2. The molecule has 0 aromatic carbocycles. The fraction of sp³-hybridized carbons (Fsp3) is 0.667. The van der Waals surface area contributed by atoms with Crippen molar-refractivity contribution in [2.24, 2.45) is 0 Å². The molecule has 2 rings (SSSR count). The van der Waals surface area contributed by atoms with Crippen molar-refractivity contribution in [2.45, 2.75) is 45.7 Å². The number of nitrogens with zero attached hydrogens (tertiary/aromatic N) is 3. The number of hydrogen-bond donors (Lipinski definition) is 1. The van der Waals surface area contributed by atoms with Crippen LogP contribution in [0.15, 0.2) is 0 Å². The second-order valence-corrected chi connectivity index (χ2v) is 6.62. The minimum Gasteiger partial charge on any atom is -0.390 e. The molecule has 0 aliphatic carbocycles. The molecular formula is C15H24N4O3S. The third-order valence-corrected chi connectivity index (χ3v) is 4.07. The van der Waals surface area contributed by atoms with Gasteiger partial charge in [0.25, 0.3) is 0 Å². The molecule has 128 valence electrons. The van der Waals surface area contributed by atoms with Crippen LogP contribution in [0.1, 0.15) is 30.9 Å². The monoisotopic (exact) mass is 340 g/mol. The smallest absolute Gasteiger partial charge is 0.390 e. The first-order chi connectivity index (χ1) is 10.9. The van der Waals surface area contributed by atoms with Gasteiger partial charge in [-0.1, -0.05) is 0 Å². The number of amides is 1. The first-order valence-corrected chi connectivity index (χ1v) is 9.00. The van der Waals surface area contributed by atoms with Crippen molar-refractivity contribution in [3.63, 3.8) is 0 Å². The summed E-state index contributed by atoms with van der Waals surface area (Å²) in [7, 11) is 0. The molecule has 1 N–H and O–H groups in total. The van der Waals surface area contributed by atoms with Gasteiger partial charge in [0.2, 0.25) is 5.88 Å². The number of aryl methyl sites for hydroxylation is 1. The van der Waals surface area contributed by atoms with E-state index in [9.17, 15) is 4.79 Å². The molecule has 8 heteroatoms. The van der Waals surface area contributed by atoms with Gasteiger partial charge >= 0.3 is 6.09 Å². The van der Waals surface area contributed by atoms with Crippen LogP contribution in [0, 0.1) is 13.8 Å². The summed E-state index contributed by atoms with van der Waals surface area (Å²) in [6.07, 6.45) is 1.57. The zero-order chi connectivity index (χ0) is 17.0. The Balaban J connectivity index is 2.02. The summed E-state index contributed by atoms with van der Waals surface area (Å²) in [4.78, 5) is 20.9. The Bertz CT molecular complexity index is 560. The van der Waals surface area contributed by atoms with Crippen LogP contribution >= 0.6 is 11.8 Å². The average molecular weight is 340 g/mol. The van der Waals surface area contributed by atoms with E-state index < -0.39 is 6.09 Å². The van der Waals surface area contributed by atoms with E-state index in [1.165, 1.54) is 0 Å². The van der Waals surface area contributed by atoms with E-state index in [1.807, 2.05) is 39.0 Å². The summed E-state index contributed by atoms with van der Waals surface area (Å²) in [5.41, 5.74) is 4.34. The fourth-order valence-corrected chi connectivity index (χ4v) is 2.85. The van der Waals surface area contributed by atoms with Crippen molar-refractivity contribution in [3.05, 3.63) is 17.1 Å². The number of morpholine rings is 1. The molecule has 2 unspecified atom stereocenters. The van der Waals surface area contributed by atoms with Gasteiger partial charge in [-0.25, -0.2) is 14.8 Å². The Morgan fingerprint density at radius 3 is 2.61 bits per heavy atom. The topological polar surface area (TPSA) is 76.6 Å². The van der Waals surface area contributed by atoms with Gasteiger partial charge in [0, 0.05) is 24.3 Å². The predicted molar refractivity (Wildman–Crippen MR) is 89.5 cm³/mol. The zero-order valence-electron chi connectivity index (χ0n) is 14.3. The van der Waals surface area contributed by atoms with E-state index in [1.54, 1.807) is 11.8 Å². The third-order valence-electron chi connectivity index (χ3n) is 3.52. The van der Waals surface area contributed by atoms with Crippen molar-refractivity contribution in [1.29, 1.82) is 0 Å². The Hall–Kier alpha value is -1.38. The molecule has 2 atom stereocenters. The first-order valence-electron chi connectivity index (χ1n) is 7.61. The number of thioether (sulfide) groups is 1. The number of nitrogens with one attached hydrogen (secondary N) is 1. The largest absolute Gasteiger partial charge is 0.428 e. The summed E-state index contributed by atoms with van der Waals surface area (Å²) in [6.45, 7) is 8.93. The lowest BCUT2D eigenvalue weighted by molar-refractivity contribution is -0.0802. The van der Waals surface area contributed by atoms with Crippen LogP contribution in [0.3, 0.4) is 0 Å². The van der Waals surface area contributed by atoms with Gasteiger partial charge in [-0.05, 0) is 34.0 Å². The summed E-state index contributed by atoms with van der Waals surface area (Å²) >= 11 is 1.62. The molecule has 0 bridgehead atoms. The van der Waals surface area contributed by atoms with E-state index in [4.69, 9.17) is 9.47 Å². The number of hydrazine groups is 1.